The van der Waals surface area contributed by atoms with Gasteiger partial charge in [-0.2, -0.15) is 0 Å². The van der Waals surface area contributed by atoms with Crippen LogP contribution in [-0.4, -0.2) is 17.1 Å². The summed E-state index contributed by atoms with van der Waals surface area (Å²) in [6, 6.07) is 1.13. The normalized spacial score (nSPS) is 29.7. The fraction of sp³-hybridized carbons (Fsp3) is 0.286. The van der Waals surface area contributed by atoms with Crippen LogP contribution in [0.15, 0.2) is 12.4 Å². The van der Waals surface area contributed by atoms with Crippen molar-refractivity contribution in [2.24, 2.45) is 0 Å². The minimum Gasteiger partial charge on any atom is -0.366 e. The third-order valence-corrected chi connectivity index (χ3v) is 5.08. The van der Waals surface area contributed by atoms with Crippen LogP contribution in [0.2, 0.25) is 0 Å². The van der Waals surface area contributed by atoms with E-state index in [2.05, 4.69) is 75.1 Å². The molecule has 0 bridgehead atoms. The van der Waals surface area contributed by atoms with Crippen molar-refractivity contribution in [1.29, 1.82) is 0 Å². The summed E-state index contributed by atoms with van der Waals surface area (Å²) < 4.78 is 0. The highest BCUT2D eigenvalue weighted by Crippen LogP contribution is 2.45. The molecule has 2 nitrogen and oxygen atoms in total. The number of aromatic nitrogens is 1. The molecule has 1 aliphatic heterocycles. The van der Waals surface area contributed by atoms with Gasteiger partial charge in [-0.1, -0.05) is 0 Å². The second-order valence-corrected chi connectivity index (χ2v) is 6.61. The molecule has 0 spiro atoms. The van der Waals surface area contributed by atoms with Gasteiger partial charge in [0, 0.05) is 53.1 Å². The maximum absolute atomic E-state index is 4.55. The van der Waals surface area contributed by atoms with Crippen LogP contribution < -0.4 is 4.90 Å². The Bertz CT molecular complexity index is 497. The van der Waals surface area contributed by atoms with Crippen molar-refractivity contribution >= 4 is 5.69 Å². The Balaban J connectivity index is 1.80. The lowest BCUT2D eigenvalue weighted by Crippen LogP contribution is -2.35. The van der Waals surface area contributed by atoms with Crippen LogP contribution in [0.3, 0.4) is 0 Å². The first kappa shape index (κ1) is 15.5. The summed E-state index contributed by atoms with van der Waals surface area (Å²) in [6.45, 7) is 4.68. The molecule has 1 saturated heterocycles. The largest absolute Gasteiger partial charge is 0.366 e. The third kappa shape index (κ3) is 2.79. The van der Waals surface area contributed by atoms with E-state index in [1.54, 1.807) is 0 Å². The number of rotatable bonds is 3. The predicted octanol–water partition coefficient (Wildman–Crippen LogP) is 3.97. The fourth-order valence-electron chi connectivity index (χ4n) is 3.90. The molecular formula is C21H22N2. The van der Waals surface area contributed by atoms with E-state index in [-0.39, 0.29) is 0 Å². The van der Waals surface area contributed by atoms with Gasteiger partial charge in [-0.25, -0.2) is 0 Å². The summed E-state index contributed by atoms with van der Waals surface area (Å²) in [5.74, 6) is 2.51. The highest BCUT2D eigenvalue weighted by molar-refractivity contribution is 5.74. The van der Waals surface area contributed by atoms with Crippen molar-refractivity contribution in [3.8, 4) is 0 Å². The number of anilines is 1. The minimum atomic E-state index is 0.565. The van der Waals surface area contributed by atoms with Crippen LogP contribution in [0.5, 0.6) is 0 Å². The zero-order valence-electron chi connectivity index (χ0n) is 13.7. The summed E-state index contributed by atoms with van der Waals surface area (Å²) >= 11 is 0. The molecule has 0 unspecified atom stereocenters. The van der Waals surface area contributed by atoms with Crippen molar-refractivity contribution < 1.29 is 0 Å². The number of hydrogen-bond acceptors (Lipinski definition) is 2. The average Bonchev–Trinajstić information content (AvgIpc) is 3.29. The molecule has 2 aliphatic carbocycles. The van der Waals surface area contributed by atoms with E-state index in [1.165, 1.54) is 41.5 Å². The lowest BCUT2D eigenvalue weighted by Gasteiger charge is -2.35. The number of pyridine rings is 1. The van der Waals surface area contributed by atoms with E-state index in [1.807, 2.05) is 12.4 Å². The van der Waals surface area contributed by atoms with E-state index >= 15 is 0 Å². The lowest BCUT2D eigenvalue weighted by atomic mass is 9.89. The quantitative estimate of drug-likeness (QED) is 0.840. The van der Waals surface area contributed by atoms with E-state index in [0.717, 1.165) is 0 Å². The first-order valence-electron chi connectivity index (χ1n) is 8.46. The van der Waals surface area contributed by atoms with E-state index in [0.29, 0.717) is 12.1 Å². The van der Waals surface area contributed by atoms with Crippen molar-refractivity contribution in [3.63, 3.8) is 0 Å². The Morgan fingerprint density at radius 2 is 1.22 bits per heavy atom. The zero-order valence-corrected chi connectivity index (χ0v) is 13.7. The van der Waals surface area contributed by atoms with Gasteiger partial charge in [-0.15, -0.1) is 0 Å². The number of nitrogens with zero attached hydrogens (tertiary/aromatic N) is 2. The second-order valence-electron chi connectivity index (χ2n) is 6.61. The van der Waals surface area contributed by atoms with Gasteiger partial charge in [-0.3, -0.25) is 4.98 Å². The molecule has 1 aromatic heterocycles. The van der Waals surface area contributed by atoms with Crippen LogP contribution in [0.25, 0.3) is 0 Å². The molecule has 4 rings (SSSR count). The highest BCUT2D eigenvalue weighted by Gasteiger charge is 2.35. The van der Waals surface area contributed by atoms with Crippen LogP contribution >= 0.6 is 0 Å². The first-order valence-corrected chi connectivity index (χ1v) is 8.46. The van der Waals surface area contributed by atoms with Gasteiger partial charge >= 0.3 is 0 Å². The summed E-state index contributed by atoms with van der Waals surface area (Å²) in [5.41, 5.74) is 3.83. The topological polar surface area (TPSA) is 16.1 Å². The zero-order chi connectivity index (χ0) is 15.8. The van der Waals surface area contributed by atoms with Crippen LogP contribution in [0, 0.1) is 63.2 Å². The van der Waals surface area contributed by atoms with Crippen molar-refractivity contribution in [2.75, 3.05) is 4.90 Å². The van der Waals surface area contributed by atoms with Gasteiger partial charge in [0.1, 0.15) is 0 Å². The van der Waals surface area contributed by atoms with Gasteiger partial charge in [0.25, 0.3) is 0 Å². The van der Waals surface area contributed by atoms with Crippen molar-refractivity contribution in [2.45, 2.75) is 38.8 Å². The van der Waals surface area contributed by atoms with Crippen LogP contribution in [-0.2, 0) is 0 Å². The molecule has 0 amide bonds. The fourth-order valence-corrected chi connectivity index (χ4v) is 3.90. The molecule has 3 fully saturated rings. The van der Waals surface area contributed by atoms with Gasteiger partial charge in [-0.05, 0) is 78.1 Å². The van der Waals surface area contributed by atoms with Crippen LogP contribution in [0.4, 0.5) is 5.69 Å². The molecule has 0 N–H and O–H groups in total. The van der Waals surface area contributed by atoms with E-state index < -0.39 is 0 Å². The van der Waals surface area contributed by atoms with Gasteiger partial charge in [0.05, 0.1) is 0 Å². The summed E-state index contributed by atoms with van der Waals surface area (Å²) in [5, 5.41) is 0. The maximum Gasteiger partial charge on any atom is 0.0479 e. The first-order chi connectivity index (χ1) is 11.3. The Labute approximate surface area is 141 Å². The molecule has 3 aliphatic rings. The molecule has 2 atom stereocenters. The molecule has 23 heavy (non-hydrogen) atoms. The molecule has 0 aromatic carbocycles. The summed E-state index contributed by atoms with van der Waals surface area (Å²) in [7, 11) is 0. The number of hydrogen-bond donors (Lipinski definition) is 0. The molecule has 116 valence electrons. The Morgan fingerprint density at radius 1 is 0.783 bits per heavy atom. The molecule has 2 saturated carbocycles. The molecular weight excluding hydrogens is 280 g/mol. The smallest absolute Gasteiger partial charge is 0.0479 e. The third-order valence-electron chi connectivity index (χ3n) is 5.08. The minimum absolute atomic E-state index is 0.565. The second kappa shape index (κ2) is 6.45. The Kier molecular flexibility index (Phi) is 4.34. The van der Waals surface area contributed by atoms with E-state index in [4.69, 9.17) is 0 Å². The summed E-state index contributed by atoms with van der Waals surface area (Å²) in [4.78, 5) is 7.16. The molecule has 2 heterocycles. The molecule has 1 aromatic rings. The molecule has 2 heteroatoms. The van der Waals surface area contributed by atoms with Gasteiger partial charge in [0.15, 0.2) is 0 Å². The highest BCUT2D eigenvalue weighted by atomic mass is 15.2. The molecule has 10 radical (unpaired) electrons. The van der Waals surface area contributed by atoms with Gasteiger partial charge < -0.3 is 4.90 Å². The van der Waals surface area contributed by atoms with Crippen molar-refractivity contribution in [1.82, 2.24) is 4.98 Å². The van der Waals surface area contributed by atoms with E-state index in [9.17, 15) is 0 Å². The lowest BCUT2D eigenvalue weighted by molar-refractivity contribution is 0.688. The standard InChI is InChI=1S/C21H22N2/c1-15-11-12-16(2)23(15)21-19(17-7-3-4-8-17)13-22-14-20(21)18-9-5-6-10-18/h3-10,13-16H,11-12H2,1-2H3/t15-,16-/m1/s1. The monoisotopic (exact) mass is 302 g/mol. The SMILES string of the molecule is C[C@@H]1CC[C@@H](C)N1c1c([C]2[CH][CH][CH][CH]2)cncc1[C]1[CH][CH][CH][CH]1. The Morgan fingerprint density at radius 3 is 1.65 bits per heavy atom. The summed E-state index contributed by atoms with van der Waals surface area (Å²) in [6.07, 6.45) is 23.7. The van der Waals surface area contributed by atoms with Crippen LogP contribution in [0.1, 0.15) is 37.8 Å². The van der Waals surface area contributed by atoms with Crippen molar-refractivity contribution in [3.05, 3.63) is 86.7 Å². The predicted molar refractivity (Wildman–Crippen MR) is 94.0 cm³/mol. The van der Waals surface area contributed by atoms with Gasteiger partial charge in [0.2, 0.25) is 0 Å². The Hall–Kier alpha value is -1.05. The average molecular weight is 302 g/mol. The maximum atomic E-state index is 4.55.